The largest absolute Gasteiger partial charge is 0.493 e. The molecule has 0 radical (unpaired) electrons. The number of nitrogens with one attached hydrogen (secondary N) is 1. The van der Waals surface area contributed by atoms with Crippen LogP contribution in [0.2, 0.25) is 0 Å². The molecular weight excluding hydrogens is 222 g/mol. The molecular formula is C16H23NO. The quantitative estimate of drug-likeness (QED) is 0.859. The second-order valence-corrected chi connectivity index (χ2v) is 6.57. The first kappa shape index (κ1) is 12.0. The first-order valence-corrected chi connectivity index (χ1v) is 7.09. The number of hydrogen-bond donors (Lipinski definition) is 1. The van der Waals surface area contributed by atoms with Crippen molar-refractivity contribution in [1.82, 2.24) is 5.32 Å². The summed E-state index contributed by atoms with van der Waals surface area (Å²) in [6, 6.07) is 9.29. The molecule has 1 aliphatic carbocycles. The lowest BCUT2D eigenvalue weighted by Gasteiger charge is -2.28. The van der Waals surface area contributed by atoms with E-state index in [2.05, 4.69) is 43.4 Å². The van der Waals surface area contributed by atoms with Gasteiger partial charge in [0.05, 0.1) is 6.61 Å². The summed E-state index contributed by atoms with van der Waals surface area (Å²) >= 11 is 0. The topological polar surface area (TPSA) is 21.3 Å². The second kappa shape index (κ2) is 4.58. The van der Waals surface area contributed by atoms with Crippen LogP contribution in [0.4, 0.5) is 0 Å². The highest BCUT2D eigenvalue weighted by Crippen LogP contribution is 2.40. The zero-order valence-electron chi connectivity index (χ0n) is 11.4. The molecule has 2 heteroatoms. The molecule has 1 unspecified atom stereocenters. The van der Waals surface area contributed by atoms with E-state index in [1.165, 1.54) is 24.8 Å². The van der Waals surface area contributed by atoms with Crippen molar-refractivity contribution in [3.05, 3.63) is 29.8 Å². The number of rotatable bonds is 5. The molecule has 1 aliphatic heterocycles. The van der Waals surface area contributed by atoms with Gasteiger partial charge >= 0.3 is 0 Å². The van der Waals surface area contributed by atoms with Gasteiger partial charge in [-0.25, -0.2) is 0 Å². The van der Waals surface area contributed by atoms with Crippen molar-refractivity contribution < 1.29 is 4.74 Å². The molecule has 2 aliphatic rings. The minimum Gasteiger partial charge on any atom is -0.493 e. The van der Waals surface area contributed by atoms with Crippen molar-refractivity contribution in [2.24, 2.45) is 5.41 Å². The standard InChI is InChI=1S/C16H23NO/c1-16(2,11-17-13-7-8-13)9-12-10-18-15-6-4-3-5-14(12)15/h3-6,12-13,17H,7-11H2,1-2H3. The minimum absolute atomic E-state index is 0.341. The van der Waals surface area contributed by atoms with E-state index in [4.69, 9.17) is 4.74 Å². The Balaban J connectivity index is 1.62. The van der Waals surface area contributed by atoms with E-state index in [0.717, 1.165) is 24.9 Å². The van der Waals surface area contributed by atoms with E-state index in [0.29, 0.717) is 11.3 Å². The molecule has 0 amide bonds. The summed E-state index contributed by atoms with van der Waals surface area (Å²) in [5, 5.41) is 3.65. The number of fused-ring (bicyclic) bond motifs is 1. The van der Waals surface area contributed by atoms with Gasteiger partial charge in [0.2, 0.25) is 0 Å². The van der Waals surface area contributed by atoms with Crippen LogP contribution in [0.15, 0.2) is 24.3 Å². The molecule has 1 heterocycles. The molecule has 3 rings (SSSR count). The molecule has 1 N–H and O–H groups in total. The van der Waals surface area contributed by atoms with Gasteiger partial charge in [0.15, 0.2) is 0 Å². The van der Waals surface area contributed by atoms with Gasteiger partial charge in [-0.15, -0.1) is 0 Å². The van der Waals surface area contributed by atoms with Crippen LogP contribution in [-0.4, -0.2) is 19.2 Å². The molecule has 0 bridgehead atoms. The number of benzene rings is 1. The van der Waals surface area contributed by atoms with Crippen LogP contribution in [0.1, 0.15) is 44.6 Å². The van der Waals surface area contributed by atoms with Crippen molar-refractivity contribution in [1.29, 1.82) is 0 Å². The van der Waals surface area contributed by atoms with Gasteiger partial charge in [-0.05, 0) is 30.7 Å². The molecule has 1 saturated carbocycles. The van der Waals surface area contributed by atoms with Gasteiger partial charge < -0.3 is 10.1 Å². The fourth-order valence-electron chi connectivity index (χ4n) is 2.85. The summed E-state index contributed by atoms with van der Waals surface area (Å²) < 4.78 is 5.77. The molecule has 0 aromatic heterocycles. The lowest BCUT2D eigenvalue weighted by molar-refractivity contribution is 0.251. The lowest BCUT2D eigenvalue weighted by atomic mass is 9.80. The van der Waals surface area contributed by atoms with Crippen LogP contribution in [0.3, 0.4) is 0 Å². The average molecular weight is 245 g/mol. The molecule has 2 nitrogen and oxygen atoms in total. The first-order valence-electron chi connectivity index (χ1n) is 7.09. The van der Waals surface area contributed by atoms with Crippen molar-refractivity contribution in [3.8, 4) is 5.75 Å². The summed E-state index contributed by atoms with van der Waals surface area (Å²) in [6.07, 6.45) is 3.93. The van der Waals surface area contributed by atoms with E-state index in [1.54, 1.807) is 0 Å². The Labute approximate surface area is 110 Å². The molecule has 1 atom stereocenters. The maximum atomic E-state index is 5.77. The predicted molar refractivity (Wildman–Crippen MR) is 74.1 cm³/mol. The number of para-hydroxylation sites is 1. The third-order valence-corrected chi connectivity index (χ3v) is 4.04. The maximum absolute atomic E-state index is 5.77. The van der Waals surface area contributed by atoms with Gasteiger partial charge in [-0.1, -0.05) is 32.0 Å². The summed E-state index contributed by atoms with van der Waals surface area (Å²) in [5.74, 6) is 1.66. The summed E-state index contributed by atoms with van der Waals surface area (Å²) in [5.41, 5.74) is 1.74. The van der Waals surface area contributed by atoms with E-state index < -0.39 is 0 Å². The van der Waals surface area contributed by atoms with Gasteiger partial charge in [-0.3, -0.25) is 0 Å². The average Bonchev–Trinajstić information content (AvgIpc) is 3.10. The van der Waals surface area contributed by atoms with E-state index in [-0.39, 0.29) is 0 Å². The fourth-order valence-corrected chi connectivity index (χ4v) is 2.85. The Morgan fingerprint density at radius 1 is 1.28 bits per heavy atom. The molecule has 0 spiro atoms. The summed E-state index contributed by atoms with van der Waals surface area (Å²) in [4.78, 5) is 0. The monoisotopic (exact) mass is 245 g/mol. The predicted octanol–water partition coefficient (Wildman–Crippen LogP) is 3.33. The first-order chi connectivity index (χ1) is 8.64. The van der Waals surface area contributed by atoms with Crippen LogP contribution in [-0.2, 0) is 0 Å². The van der Waals surface area contributed by atoms with E-state index >= 15 is 0 Å². The Bertz CT molecular complexity index is 423. The molecule has 0 saturated heterocycles. The Morgan fingerprint density at radius 2 is 2.06 bits per heavy atom. The normalized spacial score (nSPS) is 22.7. The highest BCUT2D eigenvalue weighted by molar-refractivity contribution is 5.39. The molecule has 18 heavy (non-hydrogen) atoms. The van der Waals surface area contributed by atoms with Crippen molar-refractivity contribution in [3.63, 3.8) is 0 Å². The van der Waals surface area contributed by atoms with Crippen molar-refractivity contribution >= 4 is 0 Å². The van der Waals surface area contributed by atoms with Crippen molar-refractivity contribution in [2.45, 2.75) is 45.1 Å². The van der Waals surface area contributed by atoms with Crippen LogP contribution >= 0.6 is 0 Å². The number of hydrogen-bond acceptors (Lipinski definition) is 2. The second-order valence-electron chi connectivity index (χ2n) is 6.57. The van der Waals surface area contributed by atoms with Crippen LogP contribution in [0.5, 0.6) is 5.75 Å². The molecule has 1 aromatic rings. The SMILES string of the molecule is CC(C)(CNC1CC1)CC1COc2ccccc21. The van der Waals surface area contributed by atoms with Gasteiger partial charge in [-0.2, -0.15) is 0 Å². The van der Waals surface area contributed by atoms with Gasteiger partial charge in [0.25, 0.3) is 0 Å². The van der Waals surface area contributed by atoms with Gasteiger partial charge in [0, 0.05) is 24.1 Å². The lowest BCUT2D eigenvalue weighted by Crippen LogP contribution is -2.32. The molecule has 98 valence electrons. The number of ether oxygens (including phenoxy) is 1. The highest BCUT2D eigenvalue weighted by atomic mass is 16.5. The molecule has 1 aromatic carbocycles. The zero-order chi connectivity index (χ0) is 12.6. The Hall–Kier alpha value is -1.02. The van der Waals surface area contributed by atoms with Crippen LogP contribution in [0, 0.1) is 5.41 Å². The summed E-state index contributed by atoms with van der Waals surface area (Å²) in [6.45, 7) is 6.70. The third kappa shape index (κ3) is 2.69. The minimum atomic E-state index is 0.341. The van der Waals surface area contributed by atoms with Crippen LogP contribution < -0.4 is 10.1 Å². The maximum Gasteiger partial charge on any atom is 0.122 e. The Kier molecular flexibility index (Phi) is 3.06. The van der Waals surface area contributed by atoms with Crippen LogP contribution in [0.25, 0.3) is 0 Å². The van der Waals surface area contributed by atoms with E-state index in [9.17, 15) is 0 Å². The highest BCUT2D eigenvalue weighted by Gasteiger charge is 2.31. The van der Waals surface area contributed by atoms with Crippen molar-refractivity contribution in [2.75, 3.05) is 13.2 Å². The Morgan fingerprint density at radius 3 is 2.83 bits per heavy atom. The smallest absolute Gasteiger partial charge is 0.122 e. The third-order valence-electron chi connectivity index (χ3n) is 4.04. The zero-order valence-corrected chi connectivity index (χ0v) is 11.4. The fraction of sp³-hybridized carbons (Fsp3) is 0.625. The molecule has 1 fully saturated rings. The summed E-state index contributed by atoms with van der Waals surface area (Å²) in [7, 11) is 0. The van der Waals surface area contributed by atoms with E-state index in [1.807, 2.05) is 0 Å². The van der Waals surface area contributed by atoms with Gasteiger partial charge in [0.1, 0.15) is 5.75 Å².